The molecule has 8 rings (SSSR count). The third-order valence-corrected chi connectivity index (χ3v) is 11.2. The Labute approximate surface area is 294 Å². The highest BCUT2D eigenvalue weighted by atomic mass is 32.2. The predicted octanol–water partition coefficient (Wildman–Crippen LogP) is 12.3. The van der Waals surface area contributed by atoms with Gasteiger partial charge in [0.1, 0.15) is 11.5 Å². The lowest BCUT2D eigenvalue weighted by molar-refractivity contribution is 0.447. The van der Waals surface area contributed by atoms with Crippen molar-refractivity contribution in [3.8, 4) is 56.0 Å². The summed E-state index contributed by atoms with van der Waals surface area (Å²) in [5, 5.41) is 23.8. The van der Waals surface area contributed by atoms with E-state index < -0.39 is 0 Å². The molecule has 0 atom stereocenters. The van der Waals surface area contributed by atoms with Gasteiger partial charge in [0.25, 0.3) is 0 Å². The highest BCUT2D eigenvalue weighted by Gasteiger charge is 2.29. The molecule has 0 radical (unpaired) electrons. The minimum absolute atomic E-state index is 0.271. The van der Waals surface area contributed by atoms with Gasteiger partial charge in [-0.05, 0) is 104 Å². The molecule has 0 saturated carbocycles. The first-order valence-corrected chi connectivity index (χ1v) is 18.0. The van der Waals surface area contributed by atoms with Gasteiger partial charge in [0, 0.05) is 32.0 Å². The summed E-state index contributed by atoms with van der Waals surface area (Å²) >= 11 is 1.70. The third kappa shape index (κ3) is 5.36. The van der Waals surface area contributed by atoms with Crippen molar-refractivity contribution in [2.24, 2.45) is 0 Å². The van der Waals surface area contributed by atoms with E-state index in [-0.39, 0.29) is 10.8 Å². The maximum atomic E-state index is 11.9. The van der Waals surface area contributed by atoms with E-state index in [9.17, 15) is 10.2 Å². The van der Waals surface area contributed by atoms with Crippen LogP contribution < -0.4 is 0 Å². The zero-order valence-electron chi connectivity index (χ0n) is 29.1. The number of hydrogen-bond donors (Lipinski definition) is 2. The molecule has 49 heavy (non-hydrogen) atoms. The summed E-state index contributed by atoms with van der Waals surface area (Å²) in [5.41, 5.74) is 15.5. The summed E-state index contributed by atoms with van der Waals surface area (Å²) in [6.45, 7) is 13.0. The zero-order chi connectivity index (χ0) is 34.2. The van der Waals surface area contributed by atoms with E-state index >= 15 is 0 Å². The molecule has 0 spiro atoms. The summed E-state index contributed by atoms with van der Waals surface area (Å²) < 4.78 is 0. The fraction of sp³-hybridized carbons (Fsp3) is 0.217. The molecule has 2 nitrogen and oxygen atoms in total. The molecule has 0 saturated heterocycles. The van der Waals surface area contributed by atoms with Gasteiger partial charge in [-0.2, -0.15) is 0 Å². The lowest BCUT2D eigenvalue weighted by atomic mass is 9.83. The average molecular weight is 659 g/mol. The van der Waals surface area contributed by atoms with Crippen molar-refractivity contribution in [2.45, 2.75) is 75.0 Å². The molecular formula is C46H42O2S. The Morgan fingerprint density at radius 1 is 0.429 bits per heavy atom. The van der Waals surface area contributed by atoms with Crippen LogP contribution in [-0.4, -0.2) is 10.2 Å². The molecular weight excluding hydrogens is 617 g/mol. The molecule has 6 aromatic carbocycles. The first-order chi connectivity index (χ1) is 23.4. The Kier molecular flexibility index (Phi) is 7.35. The molecule has 244 valence electrons. The molecule has 6 aromatic rings. The van der Waals surface area contributed by atoms with Crippen LogP contribution in [0.1, 0.15) is 74.9 Å². The summed E-state index contributed by atoms with van der Waals surface area (Å²) in [7, 11) is 0. The van der Waals surface area contributed by atoms with Crippen LogP contribution in [0.2, 0.25) is 0 Å². The van der Waals surface area contributed by atoms with Crippen molar-refractivity contribution in [3.05, 3.63) is 143 Å². The molecule has 2 N–H and O–H groups in total. The summed E-state index contributed by atoms with van der Waals surface area (Å²) in [6.07, 6.45) is 1.70. The Bertz CT molecular complexity index is 2130. The Hall–Kier alpha value is -4.73. The smallest absolute Gasteiger partial charge is 0.127 e. The van der Waals surface area contributed by atoms with Gasteiger partial charge in [0.15, 0.2) is 0 Å². The van der Waals surface area contributed by atoms with E-state index in [1.807, 2.05) is 0 Å². The van der Waals surface area contributed by atoms with E-state index in [4.69, 9.17) is 0 Å². The summed E-state index contributed by atoms with van der Waals surface area (Å²) in [4.78, 5) is 2.13. The van der Waals surface area contributed by atoms with Crippen molar-refractivity contribution in [1.29, 1.82) is 0 Å². The number of phenolic OH excluding ortho intramolecular Hbond substituents is 2. The molecule has 0 amide bonds. The van der Waals surface area contributed by atoms with Gasteiger partial charge in [-0.3, -0.25) is 0 Å². The van der Waals surface area contributed by atoms with Crippen molar-refractivity contribution < 1.29 is 10.2 Å². The SMILES string of the molecule is CC(C)(C)c1cc(Sc2cc(-c3cccc4c3Cc3ccccc3-4)c(O)c(C(C)(C)C)c2)cc(-c2cccc3c2Cc2ccccc2-3)c1O. The van der Waals surface area contributed by atoms with E-state index in [0.717, 1.165) is 56.0 Å². The van der Waals surface area contributed by atoms with Crippen LogP contribution in [0, 0.1) is 0 Å². The second-order valence-corrected chi connectivity index (χ2v) is 16.8. The van der Waals surface area contributed by atoms with Crippen molar-refractivity contribution in [2.75, 3.05) is 0 Å². The van der Waals surface area contributed by atoms with Gasteiger partial charge >= 0.3 is 0 Å². The van der Waals surface area contributed by atoms with Crippen molar-refractivity contribution >= 4 is 11.8 Å². The third-order valence-electron chi connectivity index (χ3n) is 10.3. The molecule has 0 fully saturated rings. The van der Waals surface area contributed by atoms with Crippen LogP contribution in [0.25, 0.3) is 44.5 Å². The fourth-order valence-electron chi connectivity index (χ4n) is 7.84. The Morgan fingerprint density at radius 3 is 1.16 bits per heavy atom. The normalized spacial score (nSPS) is 13.2. The highest BCUT2D eigenvalue weighted by molar-refractivity contribution is 7.99. The summed E-state index contributed by atoms with van der Waals surface area (Å²) in [6, 6.07) is 38.8. The number of rotatable bonds is 4. The maximum Gasteiger partial charge on any atom is 0.127 e. The molecule has 0 bridgehead atoms. The number of aromatic hydroxyl groups is 2. The lowest BCUT2D eigenvalue weighted by Gasteiger charge is -2.25. The Balaban J connectivity index is 1.28. The second-order valence-electron chi connectivity index (χ2n) is 15.7. The monoisotopic (exact) mass is 658 g/mol. The van der Waals surface area contributed by atoms with E-state index in [0.29, 0.717) is 11.5 Å². The number of phenols is 2. The standard InChI is InChI=1S/C46H42O2S/c1-45(2,3)41-25-29(23-39(43(41)47)35-19-11-17-33-31-15-9-7-13-27(31)21-37(33)35)49-30-24-40(44(48)42(26-30)46(4,5)6)36-20-12-18-34-32-16-10-8-14-28(32)22-38(34)36/h7-20,23-26,47-48H,21-22H2,1-6H3. The predicted molar refractivity (Wildman–Crippen MR) is 205 cm³/mol. The van der Waals surface area contributed by atoms with Gasteiger partial charge in [-0.25, -0.2) is 0 Å². The largest absolute Gasteiger partial charge is 0.507 e. The van der Waals surface area contributed by atoms with Gasteiger partial charge in [-0.15, -0.1) is 0 Å². The summed E-state index contributed by atoms with van der Waals surface area (Å²) in [5.74, 6) is 0.699. The average Bonchev–Trinajstić information content (AvgIpc) is 3.64. The molecule has 0 unspecified atom stereocenters. The van der Waals surface area contributed by atoms with Gasteiger partial charge in [-0.1, -0.05) is 138 Å². The van der Waals surface area contributed by atoms with Crippen LogP contribution in [0.15, 0.2) is 119 Å². The van der Waals surface area contributed by atoms with Gasteiger partial charge in [0.2, 0.25) is 0 Å². The molecule has 3 heteroatoms. The molecule has 0 aliphatic heterocycles. The quantitative estimate of drug-likeness (QED) is 0.198. The topological polar surface area (TPSA) is 40.5 Å². The first kappa shape index (κ1) is 31.5. The molecule has 2 aliphatic carbocycles. The number of fused-ring (bicyclic) bond motifs is 6. The van der Waals surface area contributed by atoms with Crippen LogP contribution in [0.5, 0.6) is 11.5 Å². The van der Waals surface area contributed by atoms with Crippen LogP contribution >= 0.6 is 11.8 Å². The van der Waals surface area contributed by atoms with Crippen LogP contribution in [-0.2, 0) is 23.7 Å². The van der Waals surface area contributed by atoms with E-state index in [2.05, 4.69) is 151 Å². The maximum absolute atomic E-state index is 11.9. The van der Waals surface area contributed by atoms with E-state index in [1.54, 1.807) is 11.8 Å². The molecule has 2 aliphatic rings. The van der Waals surface area contributed by atoms with Crippen molar-refractivity contribution in [1.82, 2.24) is 0 Å². The fourth-order valence-corrected chi connectivity index (χ4v) is 8.82. The van der Waals surface area contributed by atoms with Crippen molar-refractivity contribution in [3.63, 3.8) is 0 Å². The lowest BCUT2D eigenvalue weighted by Crippen LogP contribution is -2.12. The first-order valence-electron chi connectivity index (χ1n) is 17.2. The van der Waals surface area contributed by atoms with Crippen LogP contribution in [0.3, 0.4) is 0 Å². The number of benzene rings is 6. The minimum atomic E-state index is -0.271. The van der Waals surface area contributed by atoms with Gasteiger partial charge in [0.05, 0.1) is 0 Å². The number of hydrogen-bond acceptors (Lipinski definition) is 3. The zero-order valence-corrected chi connectivity index (χ0v) is 29.9. The minimum Gasteiger partial charge on any atom is -0.507 e. The Morgan fingerprint density at radius 2 is 0.776 bits per heavy atom. The van der Waals surface area contributed by atoms with E-state index in [1.165, 1.54) is 44.5 Å². The van der Waals surface area contributed by atoms with Crippen LogP contribution in [0.4, 0.5) is 0 Å². The molecule has 0 heterocycles. The molecule has 0 aromatic heterocycles. The highest BCUT2D eigenvalue weighted by Crippen LogP contribution is 2.50. The van der Waals surface area contributed by atoms with Gasteiger partial charge < -0.3 is 10.2 Å². The second kappa shape index (κ2) is 11.4.